The molecule has 1 unspecified atom stereocenters. The van der Waals surface area contributed by atoms with E-state index in [0.717, 1.165) is 38.3 Å². The number of hydrogen-bond acceptors (Lipinski definition) is 4. The number of aliphatic imine (C=N–C) groups is 1. The van der Waals surface area contributed by atoms with Crippen LogP contribution in [0.5, 0.6) is 0 Å². The van der Waals surface area contributed by atoms with Crippen LogP contribution in [0.4, 0.5) is 17.6 Å². The summed E-state index contributed by atoms with van der Waals surface area (Å²) in [7, 11) is 0. The number of nitrogens with two attached hydrogens (primary N) is 1. The first kappa shape index (κ1) is 23.9. The third-order valence-electron chi connectivity index (χ3n) is 6.42. The van der Waals surface area contributed by atoms with Gasteiger partial charge < -0.3 is 5.73 Å². The summed E-state index contributed by atoms with van der Waals surface area (Å²) in [5.41, 5.74) is 4.57. The molecule has 9 heteroatoms. The second kappa shape index (κ2) is 8.52. The van der Waals surface area contributed by atoms with Crippen LogP contribution in [-0.2, 0) is 23.1 Å². The third-order valence-corrected chi connectivity index (χ3v) is 6.42. The topological polar surface area (TPSA) is 75.8 Å². The number of nitrogens with zero attached hydrogens (tertiary/aromatic N) is 2. The Morgan fingerprint density at radius 2 is 1.91 bits per heavy atom. The van der Waals surface area contributed by atoms with E-state index in [1.807, 2.05) is 0 Å². The van der Waals surface area contributed by atoms with Crippen LogP contribution in [0.25, 0.3) is 0 Å². The van der Waals surface area contributed by atoms with Gasteiger partial charge in [0.15, 0.2) is 17.3 Å². The maximum Gasteiger partial charge on any atom is 0.417 e. The molecule has 1 saturated carbocycles. The van der Waals surface area contributed by atoms with Crippen molar-refractivity contribution in [1.82, 2.24) is 4.90 Å². The van der Waals surface area contributed by atoms with Crippen molar-refractivity contribution in [3.05, 3.63) is 70.0 Å². The van der Waals surface area contributed by atoms with E-state index < -0.39 is 40.3 Å². The van der Waals surface area contributed by atoms with Crippen LogP contribution in [0.2, 0.25) is 0 Å². The summed E-state index contributed by atoms with van der Waals surface area (Å²) in [5, 5.41) is 0. The van der Waals surface area contributed by atoms with Gasteiger partial charge >= 0.3 is 6.18 Å². The highest BCUT2D eigenvalue weighted by Gasteiger charge is 2.49. The Morgan fingerprint density at radius 1 is 1.21 bits per heavy atom. The molecule has 0 spiro atoms. The molecule has 1 aliphatic carbocycles. The molecule has 1 aliphatic heterocycles. The van der Waals surface area contributed by atoms with E-state index in [1.54, 1.807) is 13.0 Å². The molecule has 180 valence electrons. The Balaban J connectivity index is 1.69. The molecular formula is C25H25F4N3O2. The van der Waals surface area contributed by atoms with Crippen molar-refractivity contribution in [3.63, 3.8) is 0 Å². The molecule has 1 atom stereocenters. The Kier molecular flexibility index (Phi) is 5.99. The maximum absolute atomic E-state index is 14.3. The highest BCUT2D eigenvalue weighted by Crippen LogP contribution is 2.43. The smallest absolute Gasteiger partial charge is 0.369 e. The summed E-state index contributed by atoms with van der Waals surface area (Å²) in [5.74, 6) is -1.29. The van der Waals surface area contributed by atoms with Crippen molar-refractivity contribution in [3.8, 4) is 0 Å². The van der Waals surface area contributed by atoms with E-state index in [0.29, 0.717) is 29.0 Å². The largest absolute Gasteiger partial charge is 0.417 e. The standard InChI is InChI=1S/C25H25F4N3O2/c1-14-9-18(12-19(26)10-14)24(8-7-16-3-4-16)22(34)32(23(30)31-24)13-17-5-6-21(25(27,28)29)20(11-17)15(2)33/h5-6,9-12,16H,3-4,7-8,13H2,1-2H3,(H2,30,31). The van der Waals surface area contributed by atoms with E-state index in [-0.39, 0.29) is 12.5 Å². The second-order valence-corrected chi connectivity index (χ2v) is 9.15. The fourth-order valence-electron chi connectivity index (χ4n) is 4.48. The van der Waals surface area contributed by atoms with Gasteiger partial charge in [-0.05, 0) is 73.6 Å². The molecule has 5 nitrogen and oxygen atoms in total. The quantitative estimate of drug-likeness (QED) is 0.447. The third kappa shape index (κ3) is 4.56. The van der Waals surface area contributed by atoms with Gasteiger partial charge in [0.05, 0.1) is 12.1 Å². The lowest BCUT2D eigenvalue weighted by molar-refractivity contribution is -0.138. The minimum atomic E-state index is -4.68. The van der Waals surface area contributed by atoms with Crippen molar-refractivity contribution < 1.29 is 27.2 Å². The molecule has 1 amide bonds. The molecule has 1 heterocycles. The number of guanidine groups is 1. The number of amides is 1. The second-order valence-electron chi connectivity index (χ2n) is 9.15. The molecule has 0 radical (unpaired) electrons. The Morgan fingerprint density at radius 3 is 2.50 bits per heavy atom. The molecule has 2 aromatic rings. The van der Waals surface area contributed by atoms with Crippen LogP contribution < -0.4 is 5.73 Å². The SMILES string of the molecule is CC(=O)c1cc(CN2C(=O)C(CCC3CC3)(c3cc(C)cc(F)c3)N=C2N)ccc1C(F)(F)F. The number of aryl methyl sites for hydroxylation is 1. The van der Waals surface area contributed by atoms with Crippen molar-refractivity contribution in [2.45, 2.75) is 57.8 Å². The van der Waals surface area contributed by atoms with Gasteiger partial charge in [0, 0.05) is 5.56 Å². The van der Waals surface area contributed by atoms with Crippen LogP contribution in [0.3, 0.4) is 0 Å². The maximum atomic E-state index is 14.3. The fraction of sp³-hybridized carbons (Fsp3) is 0.400. The lowest BCUT2D eigenvalue weighted by atomic mass is 9.83. The van der Waals surface area contributed by atoms with E-state index in [2.05, 4.69) is 4.99 Å². The molecular weight excluding hydrogens is 450 g/mol. The van der Waals surface area contributed by atoms with Gasteiger partial charge in [-0.2, -0.15) is 13.2 Å². The number of ketones is 1. The molecule has 2 N–H and O–H groups in total. The molecule has 0 bridgehead atoms. The Labute approximate surface area is 194 Å². The van der Waals surface area contributed by atoms with Crippen LogP contribution in [-0.4, -0.2) is 22.5 Å². The van der Waals surface area contributed by atoms with Crippen molar-refractivity contribution in [2.24, 2.45) is 16.6 Å². The van der Waals surface area contributed by atoms with Gasteiger partial charge in [0.1, 0.15) is 5.82 Å². The predicted octanol–water partition coefficient (Wildman–Crippen LogP) is 5.10. The van der Waals surface area contributed by atoms with Crippen LogP contribution in [0.15, 0.2) is 41.4 Å². The number of carbonyl (C=O) groups excluding carboxylic acids is 2. The van der Waals surface area contributed by atoms with Crippen molar-refractivity contribution in [1.29, 1.82) is 0 Å². The highest BCUT2D eigenvalue weighted by atomic mass is 19.4. The van der Waals surface area contributed by atoms with Gasteiger partial charge in [-0.25, -0.2) is 9.38 Å². The number of benzene rings is 2. The van der Waals surface area contributed by atoms with Crippen LogP contribution in [0, 0.1) is 18.7 Å². The molecule has 0 aromatic heterocycles. The summed E-state index contributed by atoms with van der Waals surface area (Å²) < 4.78 is 54.1. The van der Waals surface area contributed by atoms with E-state index in [9.17, 15) is 27.2 Å². The lowest BCUT2D eigenvalue weighted by Gasteiger charge is -2.27. The zero-order valence-electron chi connectivity index (χ0n) is 18.9. The highest BCUT2D eigenvalue weighted by molar-refractivity contribution is 6.07. The fourth-order valence-corrected chi connectivity index (χ4v) is 4.48. The van der Waals surface area contributed by atoms with Gasteiger partial charge in [0.2, 0.25) is 0 Å². The number of carbonyl (C=O) groups is 2. The number of alkyl halides is 3. The lowest BCUT2D eigenvalue weighted by Crippen LogP contribution is -2.42. The first-order valence-electron chi connectivity index (χ1n) is 11.1. The summed E-state index contributed by atoms with van der Waals surface area (Å²) >= 11 is 0. The number of Topliss-reactive ketones (excluding diaryl/α,β-unsaturated/α-hetero) is 1. The summed E-state index contributed by atoms with van der Waals surface area (Å²) in [6, 6.07) is 7.52. The van der Waals surface area contributed by atoms with Crippen molar-refractivity contribution in [2.75, 3.05) is 0 Å². The monoisotopic (exact) mass is 475 g/mol. The minimum Gasteiger partial charge on any atom is -0.369 e. The summed E-state index contributed by atoms with van der Waals surface area (Å²) in [4.78, 5) is 31.3. The molecule has 4 rings (SSSR count). The van der Waals surface area contributed by atoms with Crippen LogP contribution >= 0.6 is 0 Å². The van der Waals surface area contributed by atoms with Gasteiger partial charge in [-0.3, -0.25) is 14.5 Å². The first-order valence-corrected chi connectivity index (χ1v) is 11.1. The van der Waals surface area contributed by atoms with E-state index in [4.69, 9.17) is 5.73 Å². The molecule has 2 aromatic carbocycles. The van der Waals surface area contributed by atoms with Gasteiger partial charge in [0.25, 0.3) is 5.91 Å². The zero-order valence-corrected chi connectivity index (χ0v) is 18.9. The molecule has 1 fully saturated rings. The van der Waals surface area contributed by atoms with E-state index >= 15 is 0 Å². The average Bonchev–Trinajstić information content (AvgIpc) is 3.53. The normalized spacial score (nSPS) is 20.6. The molecule has 0 saturated heterocycles. The average molecular weight is 475 g/mol. The number of rotatable bonds is 7. The number of hydrogen-bond donors (Lipinski definition) is 1. The molecule has 2 aliphatic rings. The van der Waals surface area contributed by atoms with E-state index in [1.165, 1.54) is 23.1 Å². The zero-order chi connectivity index (χ0) is 24.8. The Bertz CT molecular complexity index is 1170. The Hall–Kier alpha value is -3.23. The van der Waals surface area contributed by atoms with Gasteiger partial charge in [-0.15, -0.1) is 0 Å². The molecule has 34 heavy (non-hydrogen) atoms. The predicted molar refractivity (Wildman–Crippen MR) is 118 cm³/mol. The summed E-state index contributed by atoms with van der Waals surface area (Å²) in [6.07, 6.45) is -1.48. The number of halogens is 4. The van der Waals surface area contributed by atoms with Gasteiger partial charge in [-0.1, -0.05) is 25.0 Å². The van der Waals surface area contributed by atoms with Crippen molar-refractivity contribution >= 4 is 17.6 Å². The summed E-state index contributed by atoms with van der Waals surface area (Å²) in [6.45, 7) is 2.61. The minimum absolute atomic E-state index is 0.0908. The first-order chi connectivity index (χ1) is 15.9. The van der Waals surface area contributed by atoms with Crippen LogP contribution in [0.1, 0.15) is 65.2 Å².